The third-order valence-electron chi connectivity index (χ3n) is 5.08. The molecule has 1 N–H and O–H groups in total. The van der Waals surface area contributed by atoms with Gasteiger partial charge in [0.2, 0.25) is 0 Å². The van der Waals surface area contributed by atoms with Gasteiger partial charge in [-0.1, -0.05) is 6.07 Å². The Morgan fingerprint density at radius 2 is 2.12 bits per heavy atom. The van der Waals surface area contributed by atoms with E-state index in [2.05, 4.69) is 9.88 Å². The number of H-pyrrole nitrogens is 1. The second-order valence-electron chi connectivity index (χ2n) is 6.85. The molecule has 6 heteroatoms. The number of aromatic amines is 1. The van der Waals surface area contributed by atoms with Gasteiger partial charge in [-0.25, -0.2) is 4.39 Å². The van der Waals surface area contributed by atoms with Gasteiger partial charge in [0.15, 0.2) is 0 Å². The average molecular weight is 343 g/mol. The van der Waals surface area contributed by atoms with Crippen molar-refractivity contribution in [1.82, 2.24) is 9.88 Å². The summed E-state index contributed by atoms with van der Waals surface area (Å²) in [5, 5.41) is 0. The fourth-order valence-corrected chi connectivity index (χ4v) is 3.89. The van der Waals surface area contributed by atoms with Crippen LogP contribution in [0.1, 0.15) is 23.3 Å². The van der Waals surface area contributed by atoms with Gasteiger partial charge in [-0.3, -0.25) is 4.79 Å². The number of carbonyl (C=O) groups is 1. The fraction of sp³-hybridized carbons (Fsp3) is 0.421. The van der Waals surface area contributed by atoms with Crippen LogP contribution in [0.25, 0.3) is 0 Å². The number of halogens is 1. The zero-order chi connectivity index (χ0) is 17.3. The van der Waals surface area contributed by atoms with E-state index in [1.807, 2.05) is 17.0 Å². The lowest BCUT2D eigenvalue weighted by molar-refractivity contribution is -0.105. The summed E-state index contributed by atoms with van der Waals surface area (Å²) in [5.41, 5.74) is 1.09. The van der Waals surface area contributed by atoms with Crippen LogP contribution < -0.4 is 4.90 Å². The minimum Gasteiger partial charge on any atom is -0.369 e. The molecular weight excluding hydrogens is 321 g/mol. The first kappa shape index (κ1) is 16.1. The van der Waals surface area contributed by atoms with Crippen molar-refractivity contribution in [1.29, 1.82) is 0 Å². The van der Waals surface area contributed by atoms with Gasteiger partial charge in [-0.2, -0.15) is 0 Å². The summed E-state index contributed by atoms with van der Waals surface area (Å²) in [6.45, 7) is 3.24. The highest BCUT2D eigenvalue weighted by Crippen LogP contribution is 2.32. The van der Waals surface area contributed by atoms with E-state index in [0.717, 1.165) is 25.1 Å². The van der Waals surface area contributed by atoms with Crippen LogP contribution in [0.3, 0.4) is 0 Å². The van der Waals surface area contributed by atoms with Crippen LogP contribution in [0, 0.1) is 5.82 Å². The Bertz CT molecular complexity index is 745. The molecule has 0 aliphatic carbocycles. The van der Waals surface area contributed by atoms with Crippen LogP contribution >= 0.6 is 0 Å². The monoisotopic (exact) mass is 343 g/mol. The van der Waals surface area contributed by atoms with E-state index in [9.17, 15) is 9.18 Å². The predicted molar refractivity (Wildman–Crippen MR) is 93.2 cm³/mol. The highest BCUT2D eigenvalue weighted by molar-refractivity contribution is 5.92. The second kappa shape index (κ2) is 6.52. The second-order valence-corrected chi connectivity index (χ2v) is 6.85. The lowest BCUT2D eigenvalue weighted by Crippen LogP contribution is -2.60. The summed E-state index contributed by atoms with van der Waals surface area (Å²) in [5.74, 6) is -0.221. The highest BCUT2D eigenvalue weighted by atomic mass is 19.1. The van der Waals surface area contributed by atoms with E-state index >= 15 is 0 Å². The molecule has 2 aliphatic rings. The normalized spacial score (nSPS) is 23.9. The number of carbonyl (C=O) groups excluding carboxylic acids is 1. The molecule has 4 rings (SSSR count). The molecule has 1 unspecified atom stereocenters. The summed E-state index contributed by atoms with van der Waals surface area (Å²) in [7, 11) is 0. The Morgan fingerprint density at radius 1 is 1.20 bits per heavy atom. The molecule has 25 heavy (non-hydrogen) atoms. The van der Waals surface area contributed by atoms with Gasteiger partial charge in [0.1, 0.15) is 17.1 Å². The Morgan fingerprint density at radius 3 is 2.92 bits per heavy atom. The summed E-state index contributed by atoms with van der Waals surface area (Å²) >= 11 is 0. The molecule has 2 saturated heterocycles. The maximum absolute atomic E-state index is 13.6. The number of aromatic nitrogens is 1. The number of morpholine rings is 1. The zero-order valence-electron chi connectivity index (χ0n) is 14.1. The molecule has 2 aliphatic heterocycles. The minimum absolute atomic E-state index is 0.00977. The molecule has 0 saturated carbocycles. The van der Waals surface area contributed by atoms with E-state index in [1.165, 1.54) is 6.07 Å². The molecule has 5 nitrogen and oxygen atoms in total. The van der Waals surface area contributed by atoms with Crippen LogP contribution in [0.5, 0.6) is 0 Å². The molecule has 1 aromatic carbocycles. The van der Waals surface area contributed by atoms with E-state index in [4.69, 9.17) is 4.74 Å². The first-order valence-electron chi connectivity index (χ1n) is 8.72. The summed E-state index contributed by atoms with van der Waals surface area (Å²) in [6, 6.07) is 10.3. The smallest absolute Gasteiger partial charge is 0.270 e. The Labute approximate surface area is 146 Å². The first-order valence-corrected chi connectivity index (χ1v) is 8.72. The molecule has 2 aromatic rings. The number of amides is 1. The van der Waals surface area contributed by atoms with Gasteiger partial charge < -0.3 is 19.5 Å². The van der Waals surface area contributed by atoms with Crippen LogP contribution in [0.15, 0.2) is 42.6 Å². The summed E-state index contributed by atoms with van der Waals surface area (Å²) < 4.78 is 19.7. The number of benzene rings is 1. The SMILES string of the molecule is O=C(c1ccc[nH]1)N1CCOC2(CCCN(c3cccc(F)c3)C2)C1. The van der Waals surface area contributed by atoms with Gasteiger partial charge in [0.25, 0.3) is 5.91 Å². The molecule has 1 atom stereocenters. The maximum atomic E-state index is 13.6. The maximum Gasteiger partial charge on any atom is 0.270 e. The van der Waals surface area contributed by atoms with Crippen molar-refractivity contribution in [2.45, 2.75) is 18.4 Å². The van der Waals surface area contributed by atoms with E-state index in [-0.39, 0.29) is 17.3 Å². The number of nitrogens with zero attached hydrogens (tertiary/aromatic N) is 2. The molecule has 2 fully saturated rings. The Hall–Kier alpha value is -2.34. The molecule has 1 aromatic heterocycles. The van der Waals surface area contributed by atoms with Crippen molar-refractivity contribution in [3.8, 4) is 0 Å². The summed E-state index contributed by atoms with van der Waals surface area (Å²) in [4.78, 5) is 19.7. The molecule has 132 valence electrons. The molecule has 0 bridgehead atoms. The number of piperidine rings is 1. The van der Waals surface area contributed by atoms with E-state index in [1.54, 1.807) is 24.4 Å². The average Bonchev–Trinajstić information content (AvgIpc) is 3.16. The van der Waals surface area contributed by atoms with Crippen molar-refractivity contribution in [3.63, 3.8) is 0 Å². The fourth-order valence-electron chi connectivity index (χ4n) is 3.89. The van der Waals surface area contributed by atoms with E-state index < -0.39 is 0 Å². The van der Waals surface area contributed by atoms with Crippen molar-refractivity contribution in [2.75, 3.05) is 37.7 Å². The van der Waals surface area contributed by atoms with Crippen molar-refractivity contribution in [3.05, 3.63) is 54.1 Å². The molecule has 3 heterocycles. The van der Waals surface area contributed by atoms with Gasteiger partial charge in [-0.05, 0) is 43.2 Å². The molecular formula is C19H22FN3O2. The van der Waals surface area contributed by atoms with Crippen molar-refractivity contribution >= 4 is 11.6 Å². The number of hydrogen-bond acceptors (Lipinski definition) is 3. The van der Waals surface area contributed by atoms with Crippen LogP contribution in [0.2, 0.25) is 0 Å². The van der Waals surface area contributed by atoms with E-state index in [0.29, 0.717) is 31.9 Å². The Kier molecular flexibility index (Phi) is 4.21. The topological polar surface area (TPSA) is 48.6 Å². The third-order valence-corrected chi connectivity index (χ3v) is 5.08. The lowest BCUT2D eigenvalue weighted by Gasteiger charge is -2.48. The highest BCUT2D eigenvalue weighted by Gasteiger charge is 2.42. The molecule has 1 spiro atoms. The standard InChI is InChI=1S/C19H22FN3O2/c20-15-4-1-5-16(12-15)22-9-3-7-19(13-22)14-23(10-11-25-19)18(24)17-6-2-8-21-17/h1-2,4-6,8,12,21H,3,7,9-11,13-14H2. The van der Waals surface area contributed by atoms with Gasteiger partial charge in [0.05, 0.1) is 13.2 Å². The van der Waals surface area contributed by atoms with Crippen LogP contribution in [-0.2, 0) is 4.74 Å². The van der Waals surface area contributed by atoms with Gasteiger partial charge >= 0.3 is 0 Å². The van der Waals surface area contributed by atoms with Crippen LogP contribution in [-0.4, -0.2) is 54.2 Å². The Balaban J connectivity index is 1.51. The quantitative estimate of drug-likeness (QED) is 0.912. The number of rotatable bonds is 2. The van der Waals surface area contributed by atoms with Crippen LogP contribution in [0.4, 0.5) is 10.1 Å². The minimum atomic E-state index is -0.384. The van der Waals surface area contributed by atoms with Crippen molar-refractivity contribution in [2.24, 2.45) is 0 Å². The number of hydrogen-bond donors (Lipinski definition) is 1. The van der Waals surface area contributed by atoms with Gasteiger partial charge in [-0.15, -0.1) is 0 Å². The predicted octanol–water partition coefficient (Wildman–Crippen LogP) is 2.67. The number of nitrogens with one attached hydrogen (secondary N) is 1. The molecule has 1 amide bonds. The molecule has 0 radical (unpaired) electrons. The lowest BCUT2D eigenvalue weighted by atomic mass is 9.90. The third kappa shape index (κ3) is 3.26. The number of anilines is 1. The number of ether oxygens (including phenoxy) is 1. The largest absolute Gasteiger partial charge is 0.369 e. The first-order chi connectivity index (χ1) is 12.2. The zero-order valence-corrected chi connectivity index (χ0v) is 14.1. The van der Waals surface area contributed by atoms with Gasteiger partial charge in [0, 0.05) is 31.5 Å². The van der Waals surface area contributed by atoms with Crippen molar-refractivity contribution < 1.29 is 13.9 Å². The summed E-state index contributed by atoms with van der Waals surface area (Å²) in [6.07, 6.45) is 3.63.